The molecule has 5 nitrogen and oxygen atoms in total. The molecule has 0 spiro atoms. The van der Waals surface area contributed by atoms with E-state index in [2.05, 4.69) is 14.8 Å². The lowest BCUT2D eigenvalue weighted by Gasteiger charge is -2.09. The molecule has 0 atom stereocenters. The van der Waals surface area contributed by atoms with Crippen molar-refractivity contribution in [2.24, 2.45) is 0 Å². The Morgan fingerprint density at radius 3 is 2.42 bits per heavy atom. The van der Waals surface area contributed by atoms with Crippen LogP contribution in [0.4, 0.5) is 14.5 Å². The van der Waals surface area contributed by atoms with E-state index in [1.807, 2.05) is 0 Å². The summed E-state index contributed by atoms with van der Waals surface area (Å²) in [5.74, 6) is -0.0310. The Hall–Kier alpha value is -1.41. The van der Waals surface area contributed by atoms with Crippen molar-refractivity contribution < 1.29 is 21.9 Å². The van der Waals surface area contributed by atoms with E-state index in [0.29, 0.717) is 18.7 Å². The summed E-state index contributed by atoms with van der Waals surface area (Å²) in [4.78, 5) is 0. The maximum atomic E-state index is 11.9. The second-order valence-corrected chi connectivity index (χ2v) is 5.62. The Bertz CT molecular complexity index is 477. The molecule has 0 fully saturated rings. The summed E-state index contributed by atoms with van der Waals surface area (Å²) in [6.07, 6.45) is 0.485. The molecule has 0 radical (unpaired) electrons. The lowest BCUT2D eigenvalue weighted by molar-refractivity contribution is -0.0498. The summed E-state index contributed by atoms with van der Waals surface area (Å²) in [5.41, 5.74) is 0.311. The van der Waals surface area contributed by atoms with Crippen LogP contribution in [0.5, 0.6) is 5.75 Å². The number of rotatable bonds is 8. The van der Waals surface area contributed by atoms with E-state index in [0.717, 1.165) is 0 Å². The van der Waals surface area contributed by atoms with Crippen molar-refractivity contribution in [2.45, 2.75) is 13.0 Å². The average Bonchev–Trinajstić information content (AvgIpc) is 2.31. The summed E-state index contributed by atoms with van der Waals surface area (Å²) in [5, 5.41) is 2.85. The van der Waals surface area contributed by atoms with Gasteiger partial charge < -0.3 is 10.1 Å². The quantitative estimate of drug-likeness (QED) is 0.715. The van der Waals surface area contributed by atoms with Gasteiger partial charge in [0, 0.05) is 5.69 Å². The number of hydrogen-bond donors (Lipinski definition) is 2. The van der Waals surface area contributed by atoms with E-state index in [-0.39, 0.29) is 11.5 Å². The minimum Gasteiger partial charge on any atom is -0.435 e. The van der Waals surface area contributed by atoms with Crippen molar-refractivity contribution in [1.82, 2.24) is 5.32 Å². The van der Waals surface area contributed by atoms with Crippen molar-refractivity contribution in [3.8, 4) is 5.75 Å². The zero-order chi connectivity index (χ0) is 14.3. The smallest absolute Gasteiger partial charge is 0.387 e. The molecular weight excluding hydrogens is 278 g/mol. The third-order valence-corrected chi connectivity index (χ3v) is 3.57. The van der Waals surface area contributed by atoms with Crippen LogP contribution in [-0.2, 0) is 10.0 Å². The Labute approximate surface area is 111 Å². The van der Waals surface area contributed by atoms with Crippen LogP contribution in [0.2, 0.25) is 0 Å². The average molecular weight is 294 g/mol. The molecule has 1 rings (SSSR count). The summed E-state index contributed by atoms with van der Waals surface area (Å²) in [7, 11) is -1.68. The third-order valence-electron chi connectivity index (χ3n) is 2.19. The molecule has 0 aliphatic carbocycles. The number of sulfonamides is 1. The molecule has 0 saturated carbocycles. The summed E-state index contributed by atoms with van der Waals surface area (Å²) in [6, 6.07) is 5.29. The minimum atomic E-state index is -3.42. The van der Waals surface area contributed by atoms with Gasteiger partial charge in [0.1, 0.15) is 5.75 Å². The van der Waals surface area contributed by atoms with Crippen molar-refractivity contribution in [3.63, 3.8) is 0 Å². The summed E-state index contributed by atoms with van der Waals surface area (Å²) >= 11 is 0. The van der Waals surface area contributed by atoms with Gasteiger partial charge in [-0.05, 0) is 44.3 Å². The molecule has 0 amide bonds. The topological polar surface area (TPSA) is 67.4 Å². The van der Waals surface area contributed by atoms with Crippen molar-refractivity contribution in [1.29, 1.82) is 0 Å². The maximum Gasteiger partial charge on any atom is 0.387 e. The molecule has 1 aromatic carbocycles. The van der Waals surface area contributed by atoms with Gasteiger partial charge in [-0.3, -0.25) is 4.72 Å². The van der Waals surface area contributed by atoms with Crippen LogP contribution >= 0.6 is 0 Å². The number of benzene rings is 1. The van der Waals surface area contributed by atoms with Crippen molar-refractivity contribution in [3.05, 3.63) is 24.3 Å². The van der Waals surface area contributed by atoms with E-state index in [1.54, 1.807) is 7.05 Å². The number of halogens is 2. The van der Waals surface area contributed by atoms with Crippen LogP contribution in [-0.4, -0.2) is 34.4 Å². The van der Waals surface area contributed by atoms with E-state index < -0.39 is 16.6 Å². The molecule has 2 N–H and O–H groups in total. The molecule has 108 valence electrons. The van der Waals surface area contributed by atoms with Crippen molar-refractivity contribution in [2.75, 3.05) is 24.1 Å². The van der Waals surface area contributed by atoms with Crippen molar-refractivity contribution >= 4 is 15.7 Å². The molecule has 0 aliphatic heterocycles. The van der Waals surface area contributed by atoms with Crippen LogP contribution in [0, 0.1) is 0 Å². The Morgan fingerprint density at radius 1 is 1.26 bits per heavy atom. The summed E-state index contributed by atoms with van der Waals surface area (Å²) < 4.78 is 53.7. The highest BCUT2D eigenvalue weighted by molar-refractivity contribution is 7.92. The highest BCUT2D eigenvalue weighted by Gasteiger charge is 2.10. The van der Waals surface area contributed by atoms with E-state index in [9.17, 15) is 17.2 Å². The predicted molar refractivity (Wildman–Crippen MR) is 69.0 cm³/mol. The molecule has 0 heterocycles. The third kappa shape index (κ3) is 6.35. The Kier molecular flexibility index (Phi) is 5.97. The molecule has 0 saturated heterocycles. The fourth-order valence-electron chi connectivity index (χ4n) is 1.37. The first-order valence-corrected chi connectivity index (χ1v) is 7.28. The van der Waals surface area contributed by atoms with Gasteiger partial charge in [-0.1, -0.05) is 0 Å². The number of anilines is 1. The van der Waals surface area contributed by atoms with E-state index in [1.165, 1.54) is 24.3 Å². The number of ether oxygens (including phenoxy) is 1. The fourth-order valence-corrected chi connectivity index (χ4v) is 2.50. The molecule has 0 aromatic heterocycles. The van der Waals surface area contributed by atoms with Crippen LogP contribution < -0.4 is 14.8 Å². The van der Waals surface area contributed by atoms with Gasteiger partial charge in [0.05, 0.1) is 5.75 Å². The molecular formula is C11H16F2N2O3S. The lowest BCUT2D eigenvalue weighted by atomic mass is 10.3. The Balaban J connectivity index is 2.57. The van der Waals surface area contributed by atoms with Gasteiger partial charge in [-0.2, -0.15) is 8.78 Å². The largest absolute Gasteiger partial charge is 0.435 e. The Morgan fingerprint density at radius 2 is 1.89 bits per heavy atom. The molecule has 0 bridgehead atoms. The first-order chi connectivity index (χ1) is 8.93. The molecule has 0 aliphatic rings. The first kappa shape index (κ1) is 15.6. The highest BCUT2D eigenvalue weighted by atomic mass is 32.2. The molecule has 1 aromatic rings. The zero-order valence-electron chi connectivity index (χ0n) is 10.4. The van der Waals surface area contributed by atoms with Gasteiger partial charge in [-0.15, -0.1) is 0 Å². The van der Waals surface area contributed by atoms with Crippen LogP contribution in [0.15, 0.2) is 24.3 Å². The number of nitrogens with one attached hydrogen (secondary N) is 2. The van der Waals surface area contributed by atoms with Gasteiger partial charge in [0.25, 0.3) is 0 Å². The van der Waals surface area contributed by atoms with Gasteiger partial charge in [0.15, 0.2) is 0 Å². The monoisotopic (exact) mass is 294 g/mol. The van der Waals surface area contributed by atoms with Crippen LogP contribution in [0.3, 0.4) is 0 Å². The second kappa shape index (κ2) is 7.25. The molecule has 8 heteroatoms. The minimum absolute atomic E-state index is 0.0108. The predicted octanol–water partition coefficient (Wildman–Crippen LogP) is 1.64. The zero-order valence-corrected chi connectivity index (χ0v) is 11.2. The van der Waals surface area contributed by atoms with Gasteiger partial charge >= 0.3 is 6.61 Å². The highest BCUT2D eigenvalue weighted by Crippen LogP contribution is 2.18. The fraction of sp³-hybridized carbons (Fsp3) is 0.455. The van der Waals surface area contributed by atoms with Gasteiger partial charge in [-0.25, -0.2) is 8.42 Å². The maximum absolute atomic E-state index is 11.9. The number of hydrogen-bond acceptors (Lipinski definition) is 4. The molecule has 19 heavy (non-hydrogen) atoms. The number of alkyl halides is 2. The van der Waals surface area contributed by atoms with Crippen LogP contribution in [0.1, 0.15) is 6.42 Å². The van der Waals surface area contributed by atoms with E-state index in [4.69, 9.17) is 0 Å². The SMILES string of the molecule is CNCCCS(=O)(=O)Nc1ccc(OC(F)F)cc1. The van der Waals surface area contributed by atoms with Gasteiger partial charge in [0.2, 0.25) is 10.0 Å². The lowest BCUT2D eigenvalue weighted by Crippen LogP contribution is -2.20. The van der Waals surface area contributed by atoms with E-state index >= 15 is 0 Å². The second-order valence-electron chi connectivity index (χ2n) is 3.78. The first-order valence-electron chi connectivity index (χ1n) is 5.63. The normalized spacial score (nSPS) is 11.6. The molecule has 0 unspecified atom stereocenters. The summed E-state index contributed by atoms with van der Waals surface area (Å²) in [6.45, 7) is -2.30. The van der Waals surface area contributed by atoms with Crippen LogP contribution in [0.25, 0.3) is 0 Å². The standard InChI is InChI=1S/C11H16F2N2O3S/c1-14-7-2-8-19(16,17)15-9-3-5-10(6-4-9)18-11(12)13/h3-6,11,14-15H,2,7-8H2,1H3.